The molecule has 12 nitrogen and oxygen atoms in total. The van der Waals surface area contributed by atoms with Gasteiger partial charge in [-0.1, -0.05) is 6.92 Å². The number of hydrogen-bond donors (Lipinski definition) is 3. The van der Waals surface area contributed by atoms with Crippen molar-refractivity contribution in [2.45, 2.75) is 76.9 Å². The Bertz CT molecular complexity index is 1290. The van der Waals surface area contributed by atoms with Gasteiger partial charge in [-0.3, -0.25) is 29.0 Å². The van der Waals surface area contributed by atoms with E-state index >= 15 is 0 Å². The van der Waals surface area contributed by atoms with Gasteiger partial charge in [0.15, 0.2) is 0 Å². The van der Waals surface area contributed by atoms with Crippen LogP contribution in [0.3, 0.4) is 0 Å². The number of nitrogens with two attached hydrogens (primary N) is 1. The van der Waals surface area contributed by atoms with Gasteiger partial charge in [0, 0.05) is 32.1 Å². The van der Waals surface area contributed by atoms with Crippen LogP contribution in [-0.4, -0.2) is 74.2 Å². The lowest BCUT2D eigenvalue weighted by Gasteiger charge is -2.40. The van der Waals surface area contributed by atoms with E-state index in [1.165, 1.54) is 21.1 Å². The molecule has 4 aliphatic rings. The van der Waals surface area contributed by atoms with Gasteiger partial charge >= 0.3 is 11.7 Å². The van der Waals surface area contributed by atoms with E-state index in [1.54, 1.807) is 4.90 Å². The summed E-state index contributed by atoms with van der Waals surface area (Å²) >= 11 is 0. The number of nitrogens with one attached hydrogen (secondary N) is 1. The van der Waals surface area contributed by atoms with Crippen molar-refractivity contribution in [2.75, 3.05) is 26.8 Å². The van der Waals surface area contributed by atoms with E-state index in [-0.39, 0.29) is 41.3 Å². The van der Waals surface area contributed by atoms with Crippen LogP contribution in [0.25, 0.3) is 0 Å². The number of aromatic nitrogens is 2. The summed E-state index contributed by atoms with van der Waals surface area (Å²) < 4.78 is 7.63. The van der Waals surface area contributed by atoms with E-state index in [4.69, 9.17) is 15.9 Å². The van der Waals surface area contributed by atoms with E-state index in [0.717, 1.165) is 12.8 Å². The fraction of sp³-hybridized carbons (Fsp3) is 0.731. The average Bonchev–Trinajstić information content (AvgIpc) is 3.54. The van der Waals surface area contributed by atoms with Gasteiger partial charge in [0.25, 0.3) is 11.5 Å². The molecule has 0 spiro atoms. The quantitative estimate of drug-likeness (QED) is 0.258. The van der Waals surface area contributed by atoms with Gasteiger partial charge in [0.05, 0.1) is 13.2 Å². The minimum atomic E-state index is -0.942. The summed E-state index contributed by atoms with van der Waals surface area (Å²) in [6.07, 6.45) is 4.75. The number of amidine groups is 1. The van der Waals surface area contributed by atoms with Gasteiger partial charge < -0.3 is 20.5 Å². The Morgan fingerprint density at radius 1 is 1.08 bits per heavy atom. The van der Waals surface area contributed by atoms with E-state index < -0.39 is 34.5 Å². The predicted molar refractivity (Wildman–Crippen MR) is 138 cm³/mol. The number of amides is 3. The fourth-order valence-corrected chi connectivity index (χ4v) is 6.36. The molecular weight excluding hydrogens is 492 g/mol. The van der Waals surface area contributed by atoms with Gasteiger partial charge in [-0.2, -0.15) is 0 Å². The van der Waals surface area contributed by atoms with Crippen molar-refractivity contribution in [3.05, 3.63) is 26.4 Å². The SMILES string of the molecule is CN1C(=O)N(CC2COC2)[C@@](C)(CC2CCC(n3c(=O)c(C(=N)N)c(O)n(CC4(C)CC4)c3=O)CC2)C1=O. The summed E-state index contributed by atoms with van der Waals surface area (Å²) in [5.41, 5.74) is 2.94. The highest BCUT2D eigenvalue weighted by Crippen LogP contribution is 2.47. The molecule has 0 aromatic carbocycles. The zero-order chi connectivity index (χ0) is 27.6. The fourth-order valence-electron chi connectivity index (χ4n) is 6.36. The molecule has 4 fully saturated rings. The molecule has 1 aromatic rings. The third-order valence-corrected chi connectivity index (χ3v) is 9.16. The smallest absolute Gasteiger partial charge is 0.334 e. The maximum absolute atomic E-state index is 13.4. The minimum Gasteiger partial charge on any atom is -0.494 e. The van der Waals surface area contributed by atoms with Crippen molar-refractivity contribution in [3.63, 3.8) is 0 Å². The molecule has 208 valence electrons. The van der Waals surface area contributed by atoms with E-state index in [2.05, 4.69) is 0 Å². The maximum Gasteiger partial charge on any atom is 0.334 e. The molecule has 4 N–H and O–H groups in total. The number of urea groups is 1. The predicted octanol–water partition coefficient (Wildman–Crippen LogP) is 1.22. The second-order valence-corrected chi connectivity index (χ2v) is 12.3. The molecule has 2 saturated carbocycles. The lowest BCUT2D eigenvalue weighted by molar-refractivity contribution is -0.133. The van der Waals surface area contributed by atoms with Crippen molar-refractivity contribution in [1.82, 2.24) is 18.9 Å². The lowest BCUT2D eigenvalue weighted by atomic mass is 9.77. The Hall–Kier alpha value is -3.15. The first-order valence-corrected chi connectivity index (χ1v) is 13.5. The average molecular weight is 531 g/mol. The number of imide groups is 1. The molecule has 2 aliphatic carbocycles. The van der Waals surface area contributed by atoms with Crippen LogP contribution in [0.15, 0.2) is 9.59 Å². The van der Waals surface area contributed by atoms with Crippen molar-refractivity contribution in [3.8, 4) is 5.88 Å². The van der Waals surface area contributed by atoms with Gasteiger partial charge in [-0.05, 0) is 63.2 Å². The number of nitrogen functional groups attached to an aromatic ring is 1. The summed E-state index contributed by atoms with van der Waals surface area (Å²) in [6, 6.07) is -0.682. The number of ether oxygens (including phenoxy) is 1. The molecule has 5 rings (SSSR count). The van der Waals surface area contributed by atoms with Crippen molar-refractivity contribution in [2.24, 2.45) is 23.0 Å². The van der Waals surface area contributed by atoms with Crippen molar-refractivity contribution < 1.29 is 19.4 Å². The topological polar surface area (TPSA) is 164 Å². The molecule has 0 bridgehead atoms. The molecule has 0 unspecified atom stereocenters. The van der Waals surface area contributed by atoms with Crippen LogP contribution < -0.4 is 17.0 Å². The summed E-state index contributed by atoms with van der Waals surface area (Å²) in [7, 11) is 1.52. The first-order valence-electron chi connectivity index (χ1n) is 13.5. The molecule has 38 heavy (non-hydrogen) atoms. The first kappa shape index (κ1) is 26.5. The van der Waals surface area contributed by atoms with Crippen LogP contribution in [-0.2, 0) is 16.1 Å². The number of nitrogens with zero attached hydrogens (tertiary/aromatic N) is 4. The molecule has 3 amide bonds. The van der Waals surface area contributed by atoms with Gasteiger partial charge in [0.1, 0.15) is 16.9 Å². The molecule has 2 saturated heterocycles. The Kier molecular flexibility index (Phi) is 6.44. The second-order valence-electron chi connectivity index (χ2n) is 12.3. The number of aromatic hydroxyl groups is 1. The summed E-state index contributed by atoms with van der Waals surface area (Å²) in [4.78, 5) is 55.6. The van der Waals surface area contributed by atoms with Crippen LogP contribution in [0.1, 0.15) is 70.4 Å². The Balaban J connectivity index is 1.36. The molecule has 1 aromatic heterocycles. The van der Waals surface area contributed by atoms with E-state index in [9.17, 15) is 24.3 Å². The Labute approximate surface area is 220 Å². The number of likely N-dealkylation sites (N-methyl/N-ethyl adjacent to an activating group) is 1. The highest BCUT2D eigenvalue weighted by atomic mass is 16.5. The zero-order valence-corrected chi connectivity index (χ0v) is 22.4. The number of hydrogen-bond acceptors (Lipinski definition) is 7. The normalized spacial score (nSPS) is 29.0. The summed E-state index contributed by atoms with van der Waals surface area (Å²) in [6.45, 7) is 5.77. The van der Waals surface area contributed by atoms with Gasteiger partial charge in [-0.25, -0.2) is 9.59 Å². The molecule has 2 aliphatic heterocycles. The molecule has 0 radical (unpaired) electrons. The number of carbonyl (C=O) groups excluding carboxylic acids is 2. The van der Waals surface area contributed by atoms with E-state index in [1.807, 2.05) is 13.8 Å². The molecule has 12 heteroatoms. The summed E-state index contributed by atoms with van der Waals surface area (Å²) in [5, 5.41) is 18.6. The first-order chi connectivity index (χ1) is 17.9. The van der Waals surface area contributed by atoms with Gasteiger partial charge in [-0.15, -0.1) is 0 Å². The van der Waals surface area contributed by atoms with E-state index in [0.29, 0.717) is 51.9 Å². The Morgan fingerprint density at radius 2 is 1.71 bits per heavy atom. The largest absolute Gasteiger partial charge is 0.494 e. The van der Waals surface area contributed by atoms with Crippen LogP contribution >= 0.6 is 0 Å². The maximum atomic E-state index is 13.4. The third kappa shape index (κ3) is 4.32. The van der Waals surface area contributed by atoms with Crippen LogP contribution in [0.4, 0.5) is 4.79 Å². The van der Waals surface area contributed by atoms with Crippen LogP contribution in [0.5, 0.6) is 5.88 Å². The molecule has 3 heterocycles. The monoisotopic (exact) mass is 530 g/mol. The second kappa shape index (κ2) is 9.25. The van der Waals surface area contributed by atoms with Crippen molar-refractivity contribution in [1.29, 1.82) is 5.41 Å². The standard InChI is InChI=1S/C26H38N6O6/c1-25(8-9-25)14-30-20(33)18(19(27)28)21(34)32(24(30)37)17-6-4-15(5-7-17)10-26(2)22(35)29(3)23(36)31(26)11-16-12-38-13-16/h15-17,33H,4-14H2,1-3H3,(H3,27,28)/t15?,17?,26-/m0/s1. The minimum absolute atomic E-state index is 0.124. The highest BCUT2D eigenvalue weighted by Gasteiger charge is 2.54. The number of carbonyl (C=O) groups is 2. The summed E-state index contributed by atoms with van der Waals surface area (Å²) in [5.74, 6) is -0.952. The lowest BCUT2D eigenvalue weighted by Crippen LogP contribution is -2.52. The number of rotatable bonds is 8. The van der Waals surface area contributed by atoms with Crippen LogP contribution in [0, 0.1) is 22.7 Å². The Morgan fingerprint density at radius 3 is 2.24 bits per heavy atom. The molecular formula is C26H38N6O6. The van der Waals surface area contributed by atoms with Crippen molar-refractivity contribution >= 4 is 17.8 Å². The van der Waals surface area contributed by atoms with Crippen LogP contribution in [0.2, 0.25) is 0 Å². The third-order valence-electron chi connectivity index (χ3n) is 9.16. The highest BCUT2D eigenvalue weighted by molar-refractivity contribution is 6.06. The molecule has 1 atom stereocenters. The van der Waals surface area contributed by atoms with Gasteiger partial charge in [0.2, 0.25) is 5.88 Å². The zero-order valence-electron chi connectivity index (χ0n) is 22.4.